The molecule has 20 heavy (non-hydrogen) atoms. The first-order valence-electron chi connectivity index (χ1n) is 7.05. The van der Waals surface area contributed by atoms with E-state index >= 15 is 0 Å². The van der Waals surface area contributed by atoms with Crippen molar-refractivity contribution in [3.05, 3.63) is 34.9 Å². The second-order valence-corrected chi connectivity index (χ2v) is 4.90. The van der Waals surface area contributed by atoms with Crippen LogP contribution in [0.2, 0.25) is 5.02 Å². The first-order valence-corrected chi connectivity index (χ1v) is 7.42. The Morgan fingerprint density at radius 2 is 2.00 bits per heavy atom. The molecule has 2 N–H and O–H groups in total. The Labute approximate surface area is 125 Å². The van der Waals surface area contributed by atoms with Gasteiger partial charge in [0.05, 0.1) is 6.04 Å². The summed E-state index contributed by atoms with van der Waals surface area (Å²) in [4.78, 5) is 11.8. The molecule has 0 aromatic heterocycles. The van der Waals surface area contributed by atoms with Gasteiger partial charge in [-0.1, -0.05) is 30.7 Å². The van der Waals surface area contributed by atoms with Crippen molar-refractivity contribution in [1.82, 2.24) is 10.6 Å². The quantitative estimate of drug-likeness (QED) is 0.722. The highest BCUT2D eigenvalue weighted by Gasteiger charge is 2.11. The van der Waals surface area contributed by atoms with E-state index in [4.69, 9.17) is 16.3 Å². The molecule has 112 valence electrons. The summed E-state index contributed by atoms with van der Waals surface area (Å²) in [5, 5.41) is 6.49. The first kappa shape index (κ1) is 16.8. The van der Waals surface area contributed by atoms with Crippen molar-refractivity contribution in [2.24, 2.45) is 0 Å². The fourth-order valence-electron chi connectivity index (χ4n) is 1.85. The van der Waals surface area contributed by atoms with Crippen molar-refractivity contribution in [3.8, 4) is 0 Å². The highest BCUT2D eigenvalue weighted by Crippen LogP contribution is 2.18. The fourth-order valence-corrected chi connectivity index (χ4v) is 1.97. The molecule has 0 aliphatic carbocycles. The first-order chi connectivity index (χ1) is 9.67. The minimum absolute atomic E-state index is 0.000779. The van der Waals surface area contributed by atoms with Crippen molar-refractivity contribution >= 4 is 17.6 Å². The summed E-state index contributed by atoms with van der Waals surface area (Å²) in [5.74, 6) is 0. The minimum atomic E-state index is -0.150. The summed E-state index contributed by atoms with van der Waals surface area (Å²) < 4.78 is 5.21. The van der Waals surface area contributed by atoms with E-state index in [2.05, 4.69) is 10.6 Å². The van der Waals surface area contributed by atoms with Crippen molar-refractivity contribution in [1.29, 1.82) is 0 Å². The lowest BCUT2D eigenvalue weighted by Crippen LogP contribution is -2.38. The monoisotopic (exact) mass is 298 g/mol. The lowest BCUT2D eigenvalue weighted by atomic mass is 10.1. The summed E-state index contributed by atoms with van der Waals surface area (Å²) in [6.07, 6.45) is 1.65. The molecule has 0 heterocycles. The number of carbonyl (C=O) groups excluding carboxylic acids is 1. The third-order valence-electron chi connectivity index (χ3n) is 2.94. The number of urea groups is 1. The molecule has 1 rings (SSSR count). The average molecular weight is 299 g/mol. The fraction of sp³-hybridized carbons (Fsp3) is 0.533. The van der Waals surface area contributed by atoms with Crippen LogP contribution in [0.1, 0.15) is 38.3 Å². The normalized spacial score (nSPS) is 11.9. The zero-order valence-electron chi connectivity index (χ0n) is 12.1. The molecule has 2 amide bonds. The molecule has 0 saturated heterocycles. The average Bonchev–Trinajstić information content (AvgIpc) is 2.45. The number of hydrogen-bond acceptors (Lipinski definition) is 2. The molecular weight excluding hydrogens is 276 g/mol. The molecule has 0 fully saturated rings. The zero-order chi connectivity index (χ0) is 14.8. The molecule has 0 bridgehead atoms. The number of nitrogens with one attached hydrogen (secondary N) is 2. The Morgan fingerprint density at radius 1 is 1.30 bits per heavy atom. The van der Waals surface area contributed by atoms with Gasteiger partial charge in [0.15, 0.2) is 0 Å². The Hall–Kier alpha value is -1.26. The van der Waals surface area contributed by atoms with Gasteiger partial charge in [0.25, 0.3) is 0 Å². The maximum Gasteiger partial charge on any atom is 0.315 e. The van der Waals surface area contributed by atoms with Gasteiger partial charge < -0.3 is 15.4 Å². The SMILES string of the molecule is CCOCCCNC(=O)N[C@H](CC)c1ccc(Cl)cc1. The van der Waals surface area contributed by atoms with Gasteiger partial charge in [-0.3, -0.25) is 0 Å². The van der Waals surface area contributed by atoms with Gasteiger partial charge in [0.2, 0.25) is 0 Å². The maximum atomic E-state index is 11.8. The van der Waals surface area contributed by atoms with E-state index in [1.165, 1.54) is 0 Å². The van der Waals surface area contributed by atoms with E-state index in [9.17, 15) is 4.79 Å². The largest absolute Gasteiger partial charge is 0.382 e. The van der Waals surface area contributed by atoms with Crippen molar-refractivity contribution in [2.45, 2.75) is 32.7 Å². The number of carbonyl (C=O) groups is 1. The van der Waals surface area contributed by atoms with Gasteiger partial charge in [0.1, 0.15) is 0 Å². The van der Waals surface area contributed by atoms with Crippen LogP contribution in [0.15, 0.2) is 24.3 Å². The molecule has 0 aliphatic rings. The highest BCUT2D eigenvalue weighted by molar-refractivity contribution is 6.30. The lowest BCUT2D eigenvalue weighted by molar-refractivity contribution is 0.145. The van der Waals surface area contributed by atoms with E-state index in [1.807, 2.05) is 38.1 Å². The van der Waals surface area contributed by atoms with Crippen LogP contribution in [0, 0.1) is 0 Å². The second-order valence-electron chi connectivity index (χ2n) is 4.46. The van der Waals surface area contributed by atoms with E-state index < -0.39 is 0 Å². The number of rotatable bonds is 8. The molecule has 0 saturated carbocycles. The van der Waals surface area contributed by atoms with Crippen LogP contribution < -0.4 is 10.6 Å². The van der Waals surface area contributed by atoms with Crippen LogP contribution in [0.5, 0.6) is 0 Å². The third kappa shape index (κ3) is 6.26. The van der Waals surface area contributed by atoms with E-state index in [0.717, 1.165) is 18.4 Å². The topological polar surface area (TPSA) is 50.4 Å². The molecule has 0 spiro atoms. The predicted octanol–water partition coefficient (Wildman–Crippen LogP) is 3.52. The molecule has 1 aromatic carbocycles. The zero-order valence-corrected chi connectivity index (χ0v) is 12.9. The molecule has 0 radical (unpaired) electrons. The molecule has 0 unspecified atom stereocenters. The van der Waals surface area contributed by atoms with Crippen molar-refractivity contribution < 1.29 is 9.53 Å². The van der Waals surface area contributed by atoms with Gasteiger partial charge in [-0.15, -0.1) is 0 Å². The molecule has 1 aromatic rings. The Balaban J connectivity index is 2.36. The van der Waals surface area contributed by atoms with Crippen molar-refractivity contribution in [2.75, 3.05) is 19.8 Å². The van der Waals surface area contributed by atoms with Crippen LogP contribution in [0.25, 0.3) is 0 Å². The van der Waals surface area contributed by atoms with Gasteiger partial charge in [-0.25, -0.2) is 4.79 Å². The Bertz CT molecular complexity index is 395. The van der Waals surface area contributed by atoms with Gasteiger partial charge in [0, 0.05) is 24.8 Å². The Kier molecular flexibility index (Phi) is 8.07. The Morgan fingerprint density at radius 3 is 2.60 bits per heavy atom. The van der Waals surface area contributed by atoms with E-state index in [0.29, 0.717) is 24.8 Å². The molecule has 4 nitrogen and oxygen atoms in total. The van der Waals surface area contributed by atoms with Crippen LogP contribution in [0.4, 0.5) is 4.79 Å². The number of hydrogen-bond donors (Lipinski definition) is 2. The lowest BCUT2D eigenvalue weighted by Gasteiger charge is -2.18. The number of ether oxygens (including phenoxy) is 1. The van der Waals surface area contributed by atoms with Crippen LogP contribution in [-0.2, 0) is 4.74 Å². The van der Waals surface area contributed by atoms with Crippen LogP contribution in [-0.4, -0.2) is 25.8 Å². The summed E-state index contributed by atoms with van der Waals surface area (Å²) in [6, 6.07) is 7.39. The molecule has 5 heteroatoms. The van der Waals surface area contributed by atoms with E-state index in [1.54, 1.807) is 0 Å². The van der Waals surface area contributed by atoms with Gasteiger partial charge in [-0.2, -0.15) is 0 Å². The van der Waals surface area contributed by atoms with E-state index in [-0.39, 0.29) is 12.1 Å². The second kappa shape index (κ2) is 9.61. The molecule has 0 aliphatic heterocycles. The summed E-state index contributed by atoms with van der Waals surface area (Å²) in [7, 11) is 0. The third-order valence-corrected chi connectivity index (χ3v) is 3.19. The van der Waals surface area contributed by atoms with Crippen LogP contribution in [0.3, 0.4) is 0 Å². The number of halogens is 1. The van der Waals surface area contributed by atoms with Gasteiger partial charge >= 0.3 is 6.03 Å². The summed E-state index contributed by atoms with van der Waals surface area (Å²) >= 11 is 5.86. The van der Waals surface area contributed by atoms with Crippen LogP contribution >= 0.6 is 11.6 Å². The minimum Gasteiger partial charge on any atom is -0.382 e. The standard InChI is InChI=1S/C15H23ClN2O2/c1-3-14(12-6-8-13(16)9-7-12)18-15(19)17-10-5-11-20-4-2/h6-9,14H,3-5,10-11H2,1-2H3,(H2,17,18,19)/t14-/m1/s1. The number of benzene rings is 1. The summed E-state index contributed by atoms with van der Waals surface area (Å²) in [5.41, 5.74) is 1.06. The van der Waals surface area contributed by atoms with Crippen molar-refractivity contribution in [3.63, 3.8) is 0 Å². The summed E-state index contributed by atoms with van der Waals surface area (Å²) in [6.45, 7) is 5.99. The highest BCUT2D eigenvalue weighted by atomic mass is 35.5. The predicted molar refractivity (Wildman–Crippen MR) is 82.1 cm³/mol. The number of amides is 2. The smallest absolute Gasteiger partial charge is 0.315 e. The van der Waals surface area contributed by atoms with Gasteiger partial charge in [-0.05, 0) is 37.5 Å². The maximum absolute atomic E-state index is 11.8. The molecular formula is C15H23ClN2O2. The molecule has 1 atom stereocenters.